The molecule has 0 radical (unpaired) electrons. The summed E-state index contributed by atoms with van der Waals surface area (Å²) >= 11 is 3.42. The van der Waals surface area contributed by atoms with Crippen molar-refractivity contribution in [3.05, 3.63) is 63.4 Å². The number of hydrogen-bond donors (Lipinski definition) is 1. The summed E-state index contributed by atoms with van der Waals surface area (Å²) in [6.07, 6.45) is 4.86. The molecule has 0 bridgehead atoms. The molecule has 1 fully saturated rings. The lowest BCUT2D eigenvalue weighted by Gasteiger charge is -2.32. The summed E-state index contributed by atoms with van der Waals surface area (Å²) in [5, 5.41) is 2.84. The van der Waals surface area contributed by atoms with Crippen molar-refractivity contribution in [3.8, 4) is 0 Å². The summed E-state index contributed by atoms with van der Waals surface area (Å²) in [6, 6.07) is 14.4. The van der Waals surface area contributed by atoms with Crippen LogP contribution >= 0.6 is 15.9 Å². The van der Waals surface area contributed by atoms with Crippen LogP contribution in [0.2, 0.25) is 0 Å². The van der Waals surface area contributed by atoms with Crippen molar-refractivity contribution < 1.29 is 9.59 Å². The Labute approximate surface area is 194 Å². The first-order valence-electron chi connectivity index (χ1n) is 10.8. The Morgan fingerprint density at radius 1 is 1.09 bits per heavy atom. The highest BCUT2D eigenvalue weighted by atomic mass is 79.9. The van der Waals surface area contributed by atoms with E-state index in [0.717, 1.165) is 36.6 Å². The van der Waals surface area contributed by atoms with Crippen molar-refractivity contribution in [3.63, 3.8) is 0 Å². The lowest BCUT2D eigenvalue weighted by molar-refractivity contribution is -0.117. The Morgan fingerprint density at radius 3 is 2.50 bits per heavy atom. The molecule has 1 aromatic heterocycles. The van der Waals surface area contributed by atoms with Crippen LogP contribution in [0.3, 0.4) is 0 Å². The zero-order chi connectivity index (χ0) is 22.7. The number of amides is 2. The predicted octanol–water partition coefficient (Wildman–Crippen LogP) is 4.48. The molecule has 7 nitrogen and oxygen atoms in total. The van der Waals surface area contributed by atoms with Gasteiger partial charge in [-0.05, 0) is 53.0 Å². The molecule has 1 aliphatic rings. The normalized spacial score (nSPS) is 14.3. The number of para-hydroxylation sites is 3. The van der Waals surface area contributed by atoms with Crippen molar-refractivity contribution in [2.45, 2.75) is 51.6 Å². The van der Waals surface area contributed by atoms with Crippen LogP contribution in [0.5, 0.6) is 0 Å². The molecule has 0 atom stereocenters. The molecule has 1 heterocycles. The maximum Gasteiger partial charge on any atom is 0.294 e. The van der Waals surface area contributed by atoms with E-state index in [1.807, 2.05) is 24.3 Å². The summed E-state index contributed by atoms with van der Waals surface area (Å²) in [7, 11) is 0. The number of fused-ring (bicyclic) bond motifs is 1. The molecule has 8 heteroatoms. The van der Waals surface area contributed by atoms with Gasteiger partial charge in [-0.1, -0.05) is 43.5 Å². The minimum atomic E-state index is -0.438. The topological polar surface area (TPSA) is 84.3 Å². The van der Waals surface area contributed by atoms with Gasteiger partial charge in [0.25, 0.3) is 5.56 Å². The molecule has 2 amide bonds. The van der Waals surface area contributed by atoms with E-state index >= 15 is 0 Å². The fraction of sp³-hybridized carbons (Fsp3) is 0.333. The number of rotatable bonds is 5. The van der Waals surface area contributed by atoms with E-state index in [2.05, 4.69) is 26.2 Å². The first kappa shape index (κ1) is 22.2. The summed E-state index contributed by atoms with van der Waals surface area (Å²) in [5.74, 6) is -0.453. The molecule has 2 aromatic carbocycles. The first-order chi connectivity index (χ1) is 15.5. The SMILES string of the molecule is CC(=O)N(c1nc2ccccc2n(CC(=O)Nc2ccccc2Br)c1=O)C1CCCCC1. The van der Waals surface area contributed by atoms with E-state index in [9.17, 15) is 14.4 Å². The Morgan fingerprint density at radius 2 is 1.78 bits per heavy atom. The zero-order valence-electron chi connectivity index (χ0n) is 17.9. The molecule has 1 aliphatic carbocycles. The molecule has 166 valence electrons. The molecule has 0 aliphatic heterocycles. The van der Waals surface area contributed by atoms with E-state index in [4.69, 9.17) is 0 Å². The Balaban J connectivity index is 1.75. The van der Waals surface area contributed by atoms with Crippen LogP contribution in [0.15, 0.2) is 57.8 Å². The van der Waals surface area contributed by atoms with Crippen molar-refractivity contribution in [2.24, 2.45) is 0 Å². The van der Waals surface area contributed by atoms with Crippen LogP contribution in [-0.2, 0) is 16.1 Å². The van der Waals surface area contributed by atoms with Gasteiger partial charge in [-0.3, -0.25) is 23.9 Å². The highest BCUT2D eigenvalue weighted by Crippen LogP contribution is 2.26. The predicted molar refractivity (Wildman–Crippen MR) is 129 cm³/mol. The second-order valence-corrected chi connectivity index (χ2v) is 8.88. The van der Waals surface area contributed by atoms with Crippen LogP contribution in [0.25, 0.3) is 11.0 Å². The highest BCUT2D eigenvalue weighted by molar-refractivity contribution is 9.10. The van der Waals surface area contributed by atoms with Gasteiger partial charge in [0.1, 0.15) is 6.54 Å². The van der Waals surface area contributed by atoms with E-state index in [1.54, 1.807) is 24.3 Å². The van der Waals surface area contributed by atoms with Crippen LogP contribution in [0.1, 0.15) is 39.0 Å². The highest BCUT2D eigenvalue weighted by Gasteiger charge is 2.29. The maximum absolute atomic E-state index is 13.5. The van der Waals surface area contributed by atoms with Gasteiger partial charge in [-0.25, -0.2) is 4.98 Å². The van der Waals surface area contributed by atoms with Gasteiger partial charge < -0.3 is 5.32 Å². The number of benzene rings is 2. The Bertz CT molecular complexity index is 1220. The van der Waals surface area contributed by atoms with Gasteiger partial charge in [0.05, 0.1) is 16.7 Å². The molecule has 0 spiro atoms. The van der Waals surface area contributed by atoms with Gasteiger partial charge in [-0.15, -0.1) is 0 Å². The lowest BCUT2D eigenvalue weighted by atomic mass is 9.94. The summed E-state index contributed by atoms with van der Waals surface area (Å²) < 4.78 is 2.16. The minimum absolute atomic E-state index is 0.0508. The number of halogens is 1. The molecule has 1 saturated carbocycles. The van der Waals surface area contributed by atoms with Crippen molar-refractivity contribution >= 4 is 50.3 Å². The maximum atomic E-state index is 13.5. The molecule has 0 unspecified atom stereocenters. The third kappa shape index (κ3) is 4.60. The Kier molecular flexibility index (Phi) is 6.69. The van der Waals surface area contributed by atoms with Crippen LogP contribution in [0.4, 0.5) is 11.5 Å². The number of nitrogens with zero attached hydrogens (tertiary/aromatic N) is 3. The van der Waals surface area contributed by atoms with Crippen molar-refractivity contribution in [1.82, 2.24) is 9.55 Å². The van der Waals surface area contributed by atoms with Crippen LogP contribution in [-0.4, -0.2) is 27.4 Å². The second kappa shape index (κ2) is 9.65. The van der Waals surface area contributed by atoms with Gasteiger partial charge in [-0.2, -0.15) is 0 Å². The lowest BCUT2D eigenvalue weighted by Crippen LogP contribution is -2.45. The molecular formula is C24H25BrN4O3. The quantitative estimate of drug-likeness (QED) is 0.564. The zero-order valence-corrected chi connectivity index (χ0v) is 19.5. The number of carbonyl (C=O) groups is 2. The number of carbonyl (C=O) groups excluding carboxylic acids is 2. The largest absolute Gasteiger partial charge is 0.324 e. The number of anilines is 2. The van der Waals surface area contributed by atoms with E-state index in [-0.39, 0.29) is 30.2 Å². The van der Waals surface area contributed by atoms with Crippen LogP contribution < -0.4 is 15.8 Å². The smallest absolute Gasteiger partial charge is 0.294 e. The van der Waals surface area contributed by atoms with Crippen molar-refractivity contribution in [2.75, 3.05) is 10.2 Å². The second-order valence-electron chi connectivity index (χ2n) is 8.02. The summed E-state index contributed by atoms with van der Waals surface area (Å²) in [4.78, 5) is 45.1. The van der Waals surface area contributed by atoms with Gasteiger partial charge >= 0.3 is 0 Å². The molecule has 1 N–H and O–H groups in total. The molecular weight excluding hydrogens is 472 g/mol. The molecule has 0 saturated heterocycles. The van der Waals surface area contributed by atoms with E-state index in [0.29, 0.717) is 16.7 Å². The Hall–Kier alpha value is -3.00. The number of hydrogen-bond acceptors (Lipinski definition) is 4. The third-order valence-electron chi connectivity index (χ3n) is 5.79. The van der Waals surface area contributed by atoms with Crippen LogP contribution in [0, 0.1) is 0 Å². The standard InChI is InChI=1S/C24H25BrN4O3/c1-16(30)29(17-9-3-2-4-10-17)23-24(32)28(21-14-8-7-13-20(21)27-23)15-22(31)26-19-12-6-5-11-18(19)25/h5-8,11-14,17H,2-4,9-10,15H2,1H3,(H,26,31). The van der Waals surface area contributed by atoms with Gasteiger partial charge in [0.15, 0.2) is 0 Å². The minimum Gasteiger partial charge on any atom is -0.324 e. The first-order valence-corrected chi connectivity index (χ1v) is 11.6. The average Bonchev–Trinajstić information content (AvgIpc) is 2.78. The fourth-order valence-electron chi connectivity index (χ4n) is 4.31. The van der Waals surface area contributed by atoms with Gasteiger partial charge in [0.2, 0.25) is 17.6 Å². The van der Waals surface area contributed by atoms with E-state index < -0.39 is 5.56 Å². The summed E-state index contributed by atoms with van der Waals surface area (Å²) in [5.41, 5.74) is 1.30. The number of nitrogens with one attached hydrogen (secondary N) is 1. The molecule has 32 heavy (non-hydrogen) atoms. The van der Waals surface area contributed by atoms with Gasteiger partial charge in [0, 0.05) is 17.4 Å². The monoisotopic (exact) mass is 496 g/mol. The third-order valence-corrected chi connectivity index (χ3v) is 6.48. The fourth-order valence-corrected chi connectivity index (χ4v) is 4.69. The average molecular weight is 497 g/mol. The molecule has 3 aromatic rings. The van der Waals surface area contributed by atoms with E-state index in [1.165, 1.54) is 16.4 Å². The molecule has 4 rings (SSSR count). The summed E-state index contributed by atoms with van der Waals surface area (Å²) in [6.45, 7) is 1.28. The number of aromatic nitrogens is 2. The van der Waals surface area contributed by atoms with Crippen molar-refractivity contribution in [1.29, 1.82) is 0 Å².